The largest absolute Gasteiger partial charge is 0.481 e. The first-order valence-corrected chi connectivity index (χ1v) is 14.3. The molecule has 0 fully saturated rings. The molecule has 45 heavy (non-hydrogen) atoms. The maximum Gasteiger partial charge on any atom is 0.303 e. The van der Waals surface area contributed by atoms with Gasteiger partial charge >= 0.3 is 5.97 Å². The van der Waals surface area contributed by atoms with Gasteiger partial charge < -0.3 is 52.0 Å². The average Bonchev–Trinajstić information content (AvgIpc) is 2.98. The van der Waals surface area contributed by atoms with Gasteiger partial charge in [-0.05, 0) is 46.7 Å². The molecule has 0 aromatic heterocycles. The topological polar surface area (TPSA) is 252 Å². The van der Waals surface area contributed by atoms with E-state index in [4.69, 9.17) is 5.11 Å². The Hall–Kier alpha value is -4.41. The van der Waals surface area contributed by atoms with E-state index in [9.17, 15) is 43.8 Å². The summed E-state index contributed by atoms with van der Waals surface area (Å²) in [6, 6.07) is 3.15. The van der Waals surface area contributed by atoms with Gasteiger partial charge in [-0.1, -0.05) is 30.3 Å². The molecule has 1 rings (SSSR count). The lowest BCUT2D eigenvalue weighted by molar-refractivity contribution is -0.138. The molecular weight excluding hydrogens is 592 g/mol. The number of carbonyl (C=O) groups excluding carboxylic acids is 6. The van der Waals surface area contributed by atoms with Crippen molar-refractivity contribution in [3.63, 3.8) is 0 Å². The van der Waals surface area contributed by atoms with Crippen LogP contribution in [0.3, 0.4) is 0 Å². The third-order valence-electron chi connectivity index (χ3n) is 6.86. The van der Waals surface area contributed by atoms with Crippen LogP contribution < -0.4 is 31.9 Å². The summed E-state index contributed by atoms with van der Waals surface area (Å²) >= 11 is 0. The zero-order valence-corrected chi connectivity index (χ0v) is 26.0. The Morgan fingerprint density at radius 3 is 1.98 bits per heavy atom. The first kappa shape index (κ1) is 38.6. The number of benzene rings is 1. The highest BCUT2D eigenvalue weighted by atomic mass is 16.4. The molecule has 1 unspecified atom stereocenters. The summed E-state index contributed by atoms with van der Waals surface area (Å²) < 4.78 is 0. The van der Waals surface area contributed by atoms with Gasteiger partial charge in [0, 0.05) is 12.8 Å². The molecule has 0 radical (unpaired) electrons. The van der Waals surface area contributed by atoms with Crippen LogP contribution in [0.15, 0.2) is 30.3 Å². The lowest BCUT2D eigenvalue weighted by Gasteiger charge is -2.27. The van der Waals surface area contributed by atoms with E-state index in [2.05, 4.69) is 31.9 Å². The average molecular weight is 637 g/mol. The maximum absolute atomic E-state index is 13.2. The van der Waals surface area contributed by atoms with Crippen molar-refractivity contribution in [2.45, 2.75) is 88.9 Å². The van der Waals surface area contributed by atoms with Gasteiger partial charge in [0.1, 0.15) is 30.5 Å². The van der Waals surface area contributed by atoms with Crippen molar-refractivity contribution in [2.24, 2.45) is 0 Å². The van der Waals surface area contributed by atoms with Crippen LogP contribution in [0.4, 0.5) is 0 Å². The molecule has 250 valence electrons. The van der Waals surface area contributed by atoms with Crippen molar-refractivity contribution in [1.29, 1.82) is 0 Å². The zero-order valence-electron chi connectivity index (χ0n) is 26.0. The molecule has 1 aromatic rings. The number of carbonyl (C=O) groups is 7. The Labute approximate surface area is 261 Å². The minimum Gasteiger partial charge on any atom is -0.481 e. The molecule has 0 aliphatic rings. The Balaban J connectivity index is 3.00. The van der Waals surface area contributed by atoms with Gasteiger partial charge in [-0.3, -0.25) is 28.8 Å². The number of hydrogen-bond donors (Lipinski definition) is 9. The number of amides is 5. The number of aliphatic carboxylic acids is 1. The van der Waals surface area contributed by atoms with E-state index in [0.717, 1.165) is 0 Å². The van der Waals surface area contributed by atoms with Crippen LogP contribution in [-0.4, -0.2) is 113 Å². The minimum absolute atomic E-state index is 0.0336. The van der Waals surface area contributed by atoms with Crippen molar-refractivity contribution in [3.05, 3.63) is 35.9 Å². The molecule has 0 aliphatic heterocycles. The Kier molecular flexibility index (Phi) is 15.8. The summed E-state index contributed by atoms with van der Waals surface area (Å²) in [7, 11) is 1.53. The fourth-order valence-corrected chi connectivity index (χ4v) is 3.76. The van der Waals surface area contributed by atoms with Gasteiger partial charge in [0.15, 0.2) is 0 Å². The summed E-state index contributed by atoms with van der Waals surface area (Å²) in [5, 5.41) is 43.6. The highest BCUT2D eigenvalue weighted by Crippen LogP contribution is 2.07. The monoisotopic (exact) mass is 636 g/mol. The molecule has 0 spiro atoms. The third-order valence-corrected chi connectivity index (χ3v) is 6.86. The first-order chi connectivity index (χ1) is 21.0. The number of aliphatic hydroxyl groups excluding tert-OH is 2. The second-order valence-electron chi connectivity index (χ2n) is 11.0. The predicted molar refractivity (Wildman–Crippen MR) is 160 cm³/mol. The number of aldehydes is 1. The van der Waals surface area contributed by atoms with Crippen molar-refractivity contribution in [2.75, 3.05) is 13.6 Å². The molecule has 0 aliphatic carbocycles. The van der Waals surface area contributed by atoms with Gasteiger partial charge in [-0.2, -0.15) is 0 Å². The van der Waals surface area contributed by atoms with Gasteiger partial charge in [0.05, 0.1) is 24.3 Å². The van der Waals surface area contributed by atoms with Crippen LogP contribution in [-0.2, 0) is 40.0 Å². The number of nitrogens with one attached hydrogen (secondary N) is 6. The minimum atomic E-state index is -1.59. The van der Waals surface area contributed by atoms with E-state index in [0.29, 0.717) is 11.8 Å². The molecule has 6 atom stereocenters. The molecule has 5 amide bonds. The predicted octanol–water partition coefficient (Wildman–Crippen LogP) is -2.89. The number of hydrogen-bond acceptors (Lipinski definition) is 10. The van der Waals surface area contributed by atoms with Crippen LogP contribution >= 0.6 is 0 Å². The molecule has 0 saturated carbocycles. The van der Waals surface area contributed by atoms with E-state index in [1.807, 2.05) is 0 Å². The number of rotatable bonds is 19. The van der Waals surface area contributed by atoms with Crippen molar-refractivity contribution in [1.82, 2.24) is 31.9 Å². The fourth-order valence-electron chi connectivity index (χ4n) is 3.76. The lowest BCUT2D eigenvalue weighted by Crippen LogP contribution is -2.60. The number of carboxylic acid groups (broad SMARTS) is 1. The van der Waals surface area contributed by atoms with E-state index < -0.39 is 90.4 Å². The second-order valence-corrected chi connectivity index (χ2v) is 11.0. The Morgan fingerprint density at radius 2 is 1.47 bits per heavy atom. The normalized spacial score (nSPS) is 15.2. The molecule has 0 heterocycles. The van der Waals surface area contributed by atoms with Crippen LogP contribution in [0.5, 0.6) is 0 Å². The van der Waals surface area contributed by atoms with E-state index >= 15 is 0 Å². The molecule has 0 saturated heterocycles. The molecule has 1 aromatic carbocycles. The summed E-state index contributed by atoms with van der Waals surface area (Å²) in [5.74, 6) is -5.32. The fraction of sp³-hybridized carbons (Fsp3) is 0.552. The van der Waals surface area contributed by atoms with Crippen LogP contribution in [0.1, 0.15) is 46.1 Å². The molecule has 16 nitrogen and oxygen atoms in total. The van der Waals surface area contributed by atoms with Crippen molar-refractivity contribution >= 4 is 41.8 Å². The molecular formula is C29H44N6O10. The van der Waals surface area contributed by atoms with E-state index in [-0.39, 0.29) is 12.8 Å². The summed E-state index contributed by atoms with van der Waals surface area (Å²) in [6.07, 6.45) is -3.08. The standard InChI is InChI=1S/C29H44N6O10/c1-16(37)21(15-36)33-26(43)20(13-18-9-7-6-8-10-18)32-27(44)24(17(2)38)35-22(39)14-31-25(42)19(11-12-23(40)41)34-28(45)29(3,4)30-5/h6-10,15-17,19-21,24,30,37-38H,11-14H2,1-5H3,(H,31,42)(H,32,44)(H,33,43)(H,34,45)(H,35,39)(H,40,41)/t16-,17-,19?,20+,21-,24+/m1/s1. The van der Waals surface area contributed by atoms with Crippen LogP contribution in [0, 0.1) is 0 Å². The molecule has 16 heteroatoms. The van der Waals surface area contributed by atoms with Crippen molar-refractivity contribution < 1.29 is 48.9 Å². The number of aliphatic hydroxyl groups is 2. The van der Waals surface area contributed by atoms with Crippen molar-refractivity contribution in [3.8, 4) is 0 Å². The quantitative estimate of drug-likeness (QED) is 0.0697. The summed E-state index contributed by atoms with van der Waals surface area (Å²) in [6.45, 7) is 4.91. The van der Waals surface area contributed by atoms with Gasteiger partial charge in [0.2, 0.25) is 29.5 Å². The molecule has 0 bridgehead atoms. The number of likely N-dealkylation sites (N-methyl/N-ethyl adjacent to an activating group) is 1. The Bertz CT molecular complexity index is 1190. The van der Waals surface area contributed by atoms with Crippen LogP contribution in [0.25, 0.3) is 0 Å². The first-order valence-electron chi connectivity index (χ1n) is 14.3. The lowest BCUT2D eigenvalue weighted by atomic mass is 10.0. The zero-order chi connectivity index (χ0) is 34.3. The van der Waals surface area contributed by atoms with Crippen LogP contribution in [0.2, 0.25) is 0 Å². The van der Waals surface area contributed by atoms with Gasteiger partial charge in [-0.25, -0.2) is 0 Å². The highest BCUT2D eigenvalue weighted by molar-refractivity contribution is 5.95. The SMILES string of the molecule is CNC(C)(C)C(=O)NC(CCC(=O)O)C(=O)NCC(=O)N[C@H](C(=O)N[C@@H](Cc1ccccc1)C(=O)N[C@H](C=O)[C@@H](C)O)[C@@H](C)O. The maximum atomic E-state index is 13.2. The molecule has 9 N–H and O–H groups in total. The van der Waals surface area contributed by atoms with E-state index in [1.54, 1.807) is 44.2 Å². The van der Waals surface area contributed by atoms with Gasteiger partial charge in [0.25, 0.3) is 0 Å². The highest BCUT2D eigenvalue weighted by Gasteiger charge is 2.33. The smallest absolute Gasteiger partial charge is 0.303 e. The number of carboxylic acids is 1. The van der Waals surface area contributed by atoms with Gasteiger partial charge in [-0.15, -0.1) is 0 Å². The second kappa shape index (κ2) is 18.4. The Morgan fingerprint density at radius 1 is 0.844 bits per heavy atom. The summed E-state index contributed by atoms with van der Waals surface area (Å²) in [5.41, 5.74) is -0.447. The summed E-state index contributed by atoms with van der Waals surface area (Å²) in [4.78, 5) is 86.6. The third kappa shape index (κ3) is 13.4. The van der Waals surface area contributed by atoms with E-state index in [1.165, 1.54) is 20.9 Å².